The fourth-order valence-electron chi connectivity index (χ4n) is 2.19. The van der Waals surface area contributed by atoms with Crippen molar-refractivity contribution < 1.29 is 14.9 Å². The van der Waals surface area contributed by atoms with Crippen molar-refractivity contribution in [1.82, 2.24) is 4.90 Å². The summed E-state index contributed by atoms with van der Waals surface area (Å²) in [6.07, 6.45) is 1.63. The molecule has 1 saturated carbocycles. The number of para-hydroxylation sites is 1. The quantitative estimate of drug-likeness (QED) is 0.733. The molecule has 2 rings (SSSR count). The van der Waals surface area contributed by atoms with Gasteiger partial charge in [0.25, 0.3) is 0 Å². The third-order valence-electron chi connectivity index (χ3n) is 3.33. The van der Waals surface area contributed by atoms with Crippen LogP contribution in [-0.4, -0.2) is 53.6 Å². The molecule has 1 aromatic rings. The number of rotatable bonds is 8. The van der Waals surface area contributed by atoms with Crippen LogP contribution in [0.3, 0.4) is 0 Å². The number of ether oxygens (including phenoxy) is 1. The maximum Gasteiger partial charge on any atom is 0.137 e. The number of nitrogens with zero attached hydrogens (tertiary/aromatic N) is 2. The van der Waals surface area contributed by atoms with E-state index in [-0.39, 0.29) is 13.2 Å². The molecule has 2 N–H and O–H groups in total. The van der Waals surface area contributed by atoms with E-state index in [2.05, 4.69) is 11.0 Å². The van der Waals surface area contributed by atoms with Gasteiger partial charge in [0, 0.05) is 19.1 Å². The van der Waals surface area contributed by atoms with E-state index in [1.54, 1.807) is 24.3 Å². The normalized spacial score (nSPS) is 15.9. The number of hydrogen-bond donors (Lipinski definition) is 2. The summed E-state index contributed by atoms with van der Waals surface area (Å²) < 4.78 is 5.51. The summed E-state index contributed by atoms with van der Waals surface area (Å²) in [4.78, 5) is 2.09. The van der Waals surface area contributed by atoms with Crippen molar-refractivity contribution >= 4 is 0 Å². The van der Waals surface area contributed by atoms with Gasteiger partial charge in [-0.3, -0.25) is 4.90 Å². The molecule has 1 fully saturated rings. The van der Waals surface area contributed by atoms with Crippen LogP contribution in [-0.2, 0) is 0 Å². The summed E-state index contributed by atoms with van der Waals surface area (Å²) >= 11 is 0. The second kappa shape index (κ2) is 7.25. The van der Waals surface area contributed by atoms with Crippen LogP contribution in [0.2, 0.25) is 0 Å². The Bertz CT molecular complexity index is 468. The molecule has 1 unspecified atom stereocenters. The number of nitriles is 1. The van der Waals surface area contributed by atoms with E-state index < -0.39 is 6.10 Å². The summed E-state index contributed by atoms with van der Waals surface area (Å²) in [6.45, 7) is 1.31. The zero-order valence-corrected chi connectivity index (χ0v) is 11.4. The molecule has 0 amide bonds. The van der Waals surface area contributed by atoms with E-state index in [1.165, 1.54) is 0 Å². The molecule has 0 bridgehead atoms. The van der Waals surface area contributed by atoms with E-state index in [4.69, 9.17) is 15.1 Å². The molecule has 5 nitrogen and oxygen atoms in total. The van der Waals surface area contributed by atoms with Crippen LogP contribution < -0.4 is 4.74 Å². The predicted molar refractivity (Wildman–Crippen MR) is 74.3 cm³/mol. The second-order valence-corrected chi connectivity index (χ2v) is 5.02. The predicted octanol–water partition coefficient (Wildman–Crippen LogP) is 0.755. The van der Waals surface area contributed by atoms with Gasteiger partial charge in [-0.1, -0.05) is 12.1 Å². The molecule has 108 valence electrons. The van der Waals surface area contributed by atoms with Crippen LogP contribution in [0.25, 0.3) is 0 Å². The van der Waals surface area contributed by atoms with Gasteiger partial charge in [0.05, 0.1) is 12.2 Å². The van der Waals surface area contributed by atoms with E-state index in [0.29, 0.717) is 30.4 Å². The number of aliphatic hydroxyl groups excluding tert-OH is 2. The van der Waals surface area contributed by atoms with Gasteiger partial charge < -0.3 is 14.9 Å². The van der Waals surface area contributed by atoms with Crippen LogP contribution in [0, 0.1) is 11.3 Å². The van der Waals surface area contributed by atoms with Crippen molar-refractivity contribution in [1.29, 1.82) is 5.26 Å². The zero-order chi connectivity index (χ0) is 14.4. The average Bonchev–Trinajstić information content (AvgIpc) is 3.29. The first-order chi connectivity index (χ1) is 9.74. The Morgan fingerprint density at radius 2 is 2.15 bits per heavy atom. The molecule has 0 radical (unpaired) electrons. The summed E-state index contributed by atoms with van der Waals surface area (Å²) in [5, 5.41) is 28.0. The monoisotopic (exact) mass is 276 g/mol. The fraction of sp³-hybridized carbons (Fsp3) is 0.533. The molecule has 0 spiro atoms. The van der Waals surface area contributed by atoms with Crippen molar-refractivity contribution in [2.45, 2.75) is 25.0 Å². The Labute approximate surface area is 119 Å². The van der Waals surface area contributed by atoms with Gasteiger partial charge in [0.1, 0.15) is 24.5 Å². The summed E-state index contributed by atoms with van der Waals surface area (Å²) in [5.74, 6) is 0.495. The van der Waals surface area contributed by atoms with Gasteiger partial charge >= 0.3 is 0 Å². The largest absolute Gasteiger partial charge is 0.489 e. The summed E-state index contributed by atoms with van der Waals surface area (Å²) in [5.41, 5.74) is 0.467. The van der Waals surface area contributed by atoms with E-state index in [1.807, 2.05) is 0 Å². The first kappa shape index (κ1) is 14.8. The maximum absolute atomic E-state index is 10.0. The Balaban J connectivity index is 1.82. The minimum Gasteiger partial charge on any atom is -0.489 e. The topological polar surface area (TPSA) is 76.7 Å². The molecule has 20 heavy (non-hydrogen) atoms. The molecule has 0 aromatic heterocycles. The number of aliphatic hydroxyl groups is 2. The van der Waals surface area contributed by atoms with Gasteiger partial charge in [-0.25, -0.2) is 0 Å². The summed E-state index contributed by atoms with van der Waals surface area (Å²) in [6, 6.07) is 9.52. The van der Waals surface area contributed by atoms with Gasteiger partial charge in [0.2, 0.25) is 0 Å². The molecule has 1 atom stereocenters. The first-order valence-corrected chi connectivity index (χ1v) is 6.89. The van der Waals surface area contributed by atoms with Crippen LogP contribution in [0.5, 0.6) is 5.75 Å². The summed E-state index contributed by atoms with van der Waals surface area (Å²) in [7, 11) is 0. The van der Waals surface area contributed by atoms with Gasteiger partial charge in [-0.05, 0) is 25.0 Å². The highest BCUT2D eigenvalue weighted by Gasteiger charge is 2.29. The fourth-order valence-corrected chi connectivity index (χ4v) is 2.19. The molecular weight excluding hydrogens is 256 g/mol. The minimum absolute atomic E-state index is 0.0986. The Morgan fingerprint density at radius 3 is 2.80 bits per heavy atom. The molecule has 1 aliphatic rings. The highest BCUT2D eigenvalue weighted by Crippen LogP contribution is 2.26. The van der Waals surface area contributed by atoms with E-state index >= 15 is 0 Å². The van der Waals surface area contributed by atoms with Crippen LogP contribution in [0.4, 0.5) is 0 Å². The first-order valence-electron chi connectivity index (χ1n) is 6.89. The third kappa shape index (κ3) is 4.20. The molecule has 5 heteroatoms. The molecule has 0 heterocycles. The lowest BCUT2D eigenvalue weighted by molar-refractivity contribution is 0.0587. The number of hydrogen-bond acceptors (Lipinski definition) is 5. The average molecular weight is 276 g/mol. The lowest BCUT2D eigenvalue weighted by atomic mass is 10.2. The maximum atomic E-state index is 10.0. The van der Waals surface area contributed by atoms with Crippen molar-refractivity contribution in [3.05, 3.63) is 29.8 Å². The van der Waals surface area contributed by atoms with Gasteiger partial charge in [0.15, 0.2) is 0 Å². The van der Waals surface area contributed by atoms with Gasteiger partial charge in [-0.15, -0.1) is 0 Å². The number of benzene rings is 1. The molecule has 0 saturated heterocycles. The molecule has 1 aromatic carbocycles. The highest BCUT2D eigenvalue weighted by atomic mass is 16.5. The van der Waals surface area contributed by atoms with E-state index in [0.717, 1.165) is 12.8 Å². The van der Waals surface area contributed by atoms with Crippen molar-refractivity contribution in [3.8, 4) is 11.8 Å². The molecule has 0 aliphatic heterocycles. The van der Waals surface area contributed by atoms with Crippen LogP contribution >= 0.6 is 0 Å². The highest BCUT2D eigenvalue weighted by molar-refractivity contribution is 5.42. The Hall–Kier alpha value is -1.61. The van der Waals surface area contributed by atoms with Crippen molar-refractivity contribution in [2.75, 3.05) is 26.3 Å². The zero-order valence-electron chi connectivity index (χ0n) is 11.4. The second-order valence-electron chi connectivity index (χ2n) is 5.02. The van der Waals surface area contributed by atoms with Crippen LogP contribution in [0.1, 0.15) is 18.4 Å². The molecule has 1 aliphatic carbocycles. The van der Waals surface area contributed by atoms with Crippen molar-refractivity contribution in [3.63, 3.8) is 0 Å². The lowest BCUT2D eigenvalue weighted by Crippen LogP contribution is -2.38. The standard InChI is InChI=1S/C15H20N2O3/c16-9-12-3-1-2-4-15(12)20-11-14(19)10-17(7-8-18)13-5-6-13/h1-4,13-14,18-19H,5-8,10-11H2. The lowest BCUT2D eigenvalue weighted by Gasteiger charge is -2.24. The molecular formula is C15H20N2O3. The van der Waals surface area contributed by atoms with Crippen molar-refractivity contribution in [2.24, 2.45) is 0 Å². The minimum atomic E-state index is -0.631. The smallest absolute Gasteiger partial charge is 0.137 e. The van der Waals surface area contributed by atoms with Gasteiger partial charge in [-0.2, -0.15) is 5.26 Å². The third-order valence-corrected chi connectivity index (χ3v) is 3.33. The Kier molecular flexibility index (Phi) is 5.36. The Morgan fingerprint density at radius 1 is 1.40 bits per heavy atom. The van der Waals surface area contributed by atoms with E-state index in [9.17, 15) is 5.11 Å². The SMILES string of the molecule is N#Cc1ccccc1OCC(O)CN(CCO)C1CC1. The van der Waals surface area contributed by atoms with Crippen LogP contribution in [0.15, 0.2) is 24.3 Å².